The molecule has 17 heavy (non-hydrogen) atoms. The van der Waals surface area contributed by atoms with Crippen LogP contribution in [0.4, 0.5) is 0 Å². The number of carbonyl (C=O) groups is 2. The number of nitrogens with zero attached hydrogens (tertiary/aromatic N) is 2. The third kappa shape index (κ3) is 4.11. The maximum Gasteiger partial charge on any atom is 0.246 e. The van der Waals surface area contributed by atoms with Gasteiger partial charge in [0.05, 0.1) is 6.04 Å². The van der Waals surface area contributed by atoms with Crippen LogP contribution in [0.2, 0.25) is 0 Å². The molecule has 4 heteroatoms. The fraction of sp³-hybridized carbons (Fsp3) is 0.846. The number of imide groups is 1. The van der Waals surface area contributed by atoms with Gasteiger partial charge in [0, 0.05) is 7.05 Å². The number of amides is 2. The van der Waals surface area contributed by atoms with E-state index < -0.39 is 0 Å². The third-order valence-corrected chi connectivity index (χ3v) is 3.70. The van der Waals surface area contributed by atoms with Gasteiger partial charge in [0.1, 0.15) is 0 Å². The zero-order chi connectivity index (χ0) is 12.8. The number of hydrogen-bond donors (Lipinski definition) is 0. The normalized spacial score (nSPS) is 19.1. The Labute approximate surface area is 104 Å². The highest BCUT2D eigenvalue weighted by Crippen LogP contribution is 2.28. The van der Waals surface area contributed by atoms with Crippen molar-refractivity contribution in [2.75, 3.05) is 21.1 Å². The van der Waals surface area contributed by atoms with Crippen LogP contribution in [-0.2, 0) is 9.59 Å². The predicted molar refractivity (Wildman–Crippen MR) is 67.5 cm³/mol. The number of hydrogen-bond acceptors (Lipinski definition) is 3. The summed E-state index contributed by atoms with van der Waals surface area (Å²) in [6, 6.07) is -0.159. The summed E-state index contributed by atoms with van der Waals surface area (Å²) in [7, 11) is 5.35. The molecule has 0 heterocycles. The first kappa shape index (κ1) is 14.2. The molecular formula is C13H24N2O2. The molecule has 0 aromatic carbocycles. The van der Waals surface area contributed by atoms with E-state index in [2.05, 4.69) is 0 Å². The summed E-state index contributed by atoms with van der Waals surface area (Å²) in [6.45, 7) is 0. The maximum absolute atomic E-state index is 12.0. The van der Waals surface area contributed by atoms with Gasteiger partial charge in [0.2, 0.25) is 12.3 Å². The van der Waals surface area contributed by atoms with Gasteiger partial charge < -0.3 is 0 Å². The Kier molecular flexibility index (Phi) is 5.62. The summed E-state index contributed by atoms with van der Waals surface area (Å²) in [4.78, 5) is 25.8. The summed E-state index contributed by atoms with van der Waals surface area (Å²) >= 11 is 0. The van der Waals surface area contributed by atoms with E-state index in [1.807, 2.05) is 19.0 Å². The molecule has 4 nitrogen and oxygen atoms in total. The van der Waals surface area contributed by atoms with Crippen molar-refractivity contribution in [2.24, 2.45) is 5.92 Å². The zero-order valence-electron chi connectivity index (χ0n) is 11.2. The van der Waals surface area contributed by atoms with Gasteiger partial charge in [-0.1, -0.05) is 32.1 Å². The second-order valence-corrected chi connectivity index (χ2v) is 5.27. The van der Waals surface area contributed by atoms with Crippen molar-refractivity contribution < 1.29 is 9.59 Å². The Morgan fingerprint density at radius 1 is 1.24 bits per heavy atom. The number of carbonyl (C=O) groups excluding carboxylic acids is 2. The molecule has 0 spiro atoms. The molecule has 0 N–H and O–H groups in total. The molecule has 0 aromatic rings. The van der Waals surface area contributed by atoms with Gasteiger partial charge in [-0.3, -0.25) is 19.4 Å². The van der Waals surface area contributed by atoms with E-state index in [4.69, 9.17) is 0 Å². The summed E-state index contributed by atoms with van der Waals surface area (Å²) in [5.41, 5.74) is 0. The molecule has 0 aliphatic heterocycles. The Hall–Kier alpha value is -0.900. The van der Waals surface area contributed by atoms with Crippen molar-refractivity contribution in [3.05, 3.63) is 0 Å². The lowest BCUT2D eigenvalue weighted by atomic mass is 9.84. The van der Waals surface area contributed by atoms with E-state index in [1.54, 1.807) is 0 Å². The molecule has 2 amide bonds. The van der Waals surface area contributed by atoms with Crippen molar-refractivity contribution in [3.8, 4) is 0 Å². The van der Waals surface area contributed by atoms with Crippen molar-refractivity contribution in [3.63, 3.8) is 0 Å². The van der Waals surface area contributed by atoms with Crippen LogP contribution in [0.3, 0.4) is 0 Å². The van der Waals surface area contributed by atoms with Crippen LogP contribution >= 0.6 is 0 Å². The Morgan fingerprint density at radius 2 is 1.82 bits per heavy atom. The first-order valence-corrected chi connectivity index (χ1v) is 6.44. The number of likely N-dealkylation sites (N-methyl/N-ethyl adjacent to an activating group) is 2. The highest BCUT2D eigenvalue weighted by Gasteiger charge is 2.27. The fourth-order valence-electron chi connectivity index (χ4n) is 2.56. The average molecular weight is 240 g/mol. The van der Waals surface area contributed by atoms with E-state index in [-0.39, 0.29) is 11.9 Å². The van der Waals surface area contributed by atoms with Gasteiger partial charge in [-0.15, -0.1) is 0 Å². The van der Waals surface area contributed by atoms with Crippen LogP contribution in [0, 0.1) is 5.92 Å². The SMILES string of the molecule is CN(C=O)C(=O)C(CC1CCCCC1)N(C)C. The van der Waals surface area contributed by atoms with E-state index in [0.29, 0.717) is 12.3 Å². The van der Waals surface area contributed by atoms with Gasteiger partial charge in [-0.25, -0.2) is 0 Å². The molecule has 0 saturated heterocycles. The van der Waals surface area contributed by atoms with Crippen LogP contribution in [0.15, 0.2) is 0 Å². The fourth-order valence-corrected chi connectivity index (χ4v) is 2.56. The van der Waals surface area contributed by atoms with Crippen LogP contribution in [0.25, 0.3) is 0 Å². The van der Waals surface area contributed by atoms with Gasteiger partial charge in [-0.05, 0) is 26.4 Å². The minimum Gasteiger partial charge on any atom is -0.298 e. The molecular weight excluding hydrogens is 216 g/mol. The molecule has 1 unspecified atom stereocenters. The molecule has 98 valence electrons. The van der Waals surface area contributed by atoms with Crippen LogP contribution in [0.1, 0.15) is 38.5 Å². The lowest BCUT2D eigenvalue weighted by Crippen LogP contribution is -2.45. The minimum atomic E-state index is -0.159. The predicted octanol–water partition coefficient (Wildman–Crippen LogP) is 1.50. The van der Waals surface area contributed by atoms with Crippen LogP contribution in [0.5, 0.6) is 0 Å². The van der Waals surface area contributed by atoms with E-state index in [0.717, 1.165) is 11.3 Å². The molecule has 0 radical (unpaired) electrons. The van der Waals surface area contributed by atoms with Crippen molar-refractivity contribution >= 4 is 12.3 Å². The molecule has 1 rings (SSSR count). The quantitative estimate of drug-likeness (QED) is 0.684. The first-order chi connectivity index (χ1) is 8.06. The Balaban J connectivity index is 2.58. The lowest BCUT2D eigenvalue weighted by Gasteiger charge is -2.30. The van der Waals surface area contributed by atoms with Crippen molar-refractivity contribution in [2.45, 2.75) is 44.6 Å². The van der Waals surface area contributed by atoms with E-state index in [9.17, 15) is 9.59 Å². The average Bonchev–Trinajstić information content (AvgIpc) is 2.35. The minimum absolute atomic E-state index is 0.0874. The summed E-state index contributed by atoms with van der Waals surface area (Å²) in [5, 5.41) is 0. The van der Waals surface area contributed by atoms with E-state index >= 15 is 0 Å². The molecule has 1 saturated carbocycles. The topological polar surface area (TPSA) is 40.6 Å². The first-order valence-electron chi connectivity index (χ1n) is 6.44. The largest absolute Gasteiger partial charge is 0.298 e. The molecule has 0 aromatic heterocycles. The zero-order valence-corrected chi connectivity index (χ0v) is 11.2. The Bertz CT molecular complexity index is 260. The van der Waals surface area contributed by atoms with Crippen molar-refractivity contribution in [1.82, 2.24) is 9.80 Å². The highest BCUT2D eigenvalue weighted by molar-refractivity contribution is 5.89. The summed E-state index contributed by atoms with van der Waals surface area (Å²) in [5.74, 6) is 0.552. The van der Waals surface area contributed by atoms with Crippen LogP contribution in [-0.4, -0.2) is 49.3 Å². The standard InChI is InChI=1S/C13H24N2O2/c1-14(2)12(13(17)15(3)10-16)9-11-7-5-4-6-8-11/h10-12H,4-9H2,1-3H3. The Morgan fingerprint density at radius 3 is 2.29 bits per heavy atom. The number of rotatable bonds is 5. The molecule has 1 atom stereocenters. The summed E-state index contributed by atoms with van der Waals surface area (Å²) in [6.07, 6.45) is 7.81. The van der Waals surface area contributed by atoms with Crippen LogP contribution < -0.4 is 0 Å². The van der Waals surface area contributed by atoms with E-state index in [1.165, 1.54) is 39.2 Å². The monoisotopic (exact) mass is 240 g/mol. The summed E-state index contributed by atoms with van der Waals surface area (Å²) < 4.78 is 0. The van der Waals surface area contributed by atoms with Crippen molar-refractivity contribution in [1.29, 1.82) is 0 Å². The smallest absolute Gasteiger partial charge is 0.246 e. The van der Waals surface area contributed by atoms with Gasteiger partial charge in [0.25, 0.3) is 0 Å². The third-order valence-electron chi connectivity index (χ3n) is 3.70. The van der Waals surface area contributed by atoms with Gasteiger partial charge in [0.15, 0.2) is 0 Å². The van der Waals surface area contributed by atoms with Gasteiger partial charge >= 0.3 is 0 Å². The second kappa shape index (κ2) is 6.74. The highest BCUT2D eigenvalue weighted by atomic mass is 16.2. The van der Waals surface area contributed by atoms with Gasteiger partial charge in [-0.2, -0.15) is 0 Å². The maximum atomic E-state index is 12.0. The molecule has 0 bridgehead atoms. The molecule has 1 aliphatic carbocycles. The molecule has 1 aliphatic rings. The second-order valence-electron chi connectivity index (χ2n) is 5.27. The lowest BCUT2D eigenvalue weighted by molar-refractivity contribution is -0.140. The molecule has 1 fully saturated rings.